The van der Waals surface area contributed by atoms with E-state index in [0.29, 0.717) is 5.56 Å². The van der Waals surface area contributed by atoms with E-state index in [0.717, 1.165) is 6.07 Å². The van der Waals surface area contributed by atoms with Crippen molar-refractivity contribution in [2.75, 3.05) is 6.61 Å². The van der Waals surface area contributed by atoms with Gasteiger partial charge in [0.1, 0.15) is 11.6 Å². The van der Waals surface area contributed by atoms with E-state index in [1.165, 1.54) is 54.6 Å². The molecule has 6 heteroatoms. The number of ketones is 1. The van der Waals surface area contributed by atoms with Gasteiger partial charge in [-0.1, -0.05) is 30.3 Å². The Morgan fingerprint density at radius 3 is 2.39 bits per heavy atom. The molecule has 0 radical (unpaired) electrons. The highest BCUT2D eigenvalue weighted by molar-refractivity contribution is 6.06. The summed E-state index contributed by atoms with van der Waals surface area (Å²) in [6, 6.07) is 11.1. The first-order valence-corrected chi connectivity index (χ1v) is 6.61. The van der Waals surface area contributed by atoms with Crippen molar-refractivity contribution >= 4 is 11.9 Å². The molecule has 0 aromatic heterocycles. The molecule has 0 saturated carbocycles. The molecule has 2 nitrogen and oxygen atoms in total. The Hall–Kier alpha value is -2.63. The Kier molecular flexibility index (Phi) is 5.16. The predicted molar refractivity (Wildman–Crippen MR) is 77.8 cm³/mol. The minimum absolute atomic E-state index is 0.0796. The van der Waals surface area contributed by atoms with Gasteiger partial charge in [0.15, 0.2) is 12.4 Å². The van der Waals surface area contributed by atoms with Gasteiger partial charge in [-0.15, -0.1) is 0 Å². The van der Waals surface area contributed by atoms with Crippen molar-refractivity contribution in [1.29, 1.82) is 0 Å². The van der Waals surface area contributed by atoms with Crippen LogP contribution in [0.25, 0.3) is 6.08 Å². The number of carbonyl (C=O) groups excluding carboxylic acids is 1. The maximum Gasteiger partial charge on any atom is 0.422 e. The summed E-state index contributed by atoms with van der Waals surface area (Å²) in [6.07, 6.45) is -1.64. The molecule has 0 unspecified atom stereocenters. The SMILES string of the molecule is O=C(/C=C/c1ccc(OCC(F)(F)F)cc1)c1cccc(F)c1. The van der Waals surface area contributed by atoms with Crippen molar-refractivity contribution in [3.05, 3.63) is 71.6 Å². The van der Waals surface area contributed by atoms with Gasteiger partial charge >= 0.3 is 6.18 Å². The molecule has 2 aromatic rings. The number of hydrogen-bond donors (Lipinski definition) is 0. The van der Waals surface area contributed by atoms with Gasteiger partial charge in [0, 0.05) is 5.56 Å². The average molecular weight is 324 g/mol. The van der Waals surface area contributed by atoms with E-state index in [-0.39, 0.29) is 17.1 Å². The highest BCUT2D eigenvalue weighted by Gasteiger charge is 2.28. The molecule has 0 N–H and O–H groups in total. The van der Waals surface area contributed by atoms with Crippen LogP contribution in [-0.4, -0.2) is 18.6 Å². The molecule has 0 heterocycles. The largest absolute Gasteiger partial charge is 0.484 e. The number of benzene rings is 2. The molecule has 2 aromatic carbocycles. The van der Waals surface area contributed by atoms with Crippen molar-refractivity contribution in [1.82, 2.24) is 0 Å². The molecular formula is C17H12F4O2. The van der Waals surface area contributed by atoms with Crippen LogP contribution in [0.2, 0.25) is 0 Å². The average Bonchev–Trinajstić information content (AvgIpc) is 2.51. The fraction of sp³-hybridized carbons (Fsp3) is 0.118. The Balaban J connectivity index is 1.99. The van der Waals surface area contributed by atoms with E-state index in [9.17, 15) is 22.4 Å². The zero-order valence-electron chi connectivity index (χ0n) is 11.8. The topological polar surface area (TPSA) is 26.3 Å². The van der Waals surface area contributed by atoms with Crippen molar-refractivity contribution in [3.63, 3.8) is 0 Å². The lowest BCUT2D eigenvalue weighted by Gasteiger charge is -2.08. The van der Waals surface area contributed by atoms with Crippen LogP contribution in [0.15, 0.2) is 54.6 Å². The summed E-state index contributed by atoms with van der Waals surface area (Å²) in [7, 11) is 0. The number of rotatable bonds is 5. The predicted octanol–water partition coefficient (Wildman–Crippen LogP) is 4.66. The zero-order chi connectivity index (χ0) is 16.9. The number of halogens is 4. The normalized spacial score (nSPS) is 11.7. The Morgan fingerprint density at radius 2 is 1.78 bits per heavy atom. The number of allylic oxidation sites excluding steroid dienone is 1. The molecule has 0 saturated heterocycles. The van der Waals surface area contributed by atoms with E-state index < -0.39 is 18.6 Å². The quantitative estimate of drug-likeness (QED) is 0.454. The first kappa shape index (κ1) is 16.7. The fourth-order valence-electron chi connectivity index (χ4n) is 1.75. The summed E-state index contributed by atoms with van der Waals surface area (Å²) >= 11 is 0. The summed E-state index contributed by atoms with van der Waals surface area (Å²) in [4.78, 5) is 11.8. The van der Waals surface area contributed by atoms with E-state index >= 15 is 0 Å². The van der Waals surface area contributed by atoms with Gasteiger partial charge < -0.3 is 4.74 Å². The smallest absolute Gasteiger partial charge is 0.422 e. The minimum Gasteiger partial charge on any atom is -0.484 e. The standard InChI is InChI=1S/C17H12F4O2/c18-14-3-1-2-13(10-14)16(22)9-6-12-4-7-15(8-5-12)23-11-17(19,20)21/h1-10H,11H2/b9-6+. The monoisotopic (exact) mass is 324 g/mol. The molecule has 0 aliphatic rings. The van der Waals surface area contributed by atoms with Crippen LogP contribution in [-0.2, 0) is 0 Å². The summed E-state index contributed by atoms with van der Waals surface area (Å²) in [5, 5.41) is 0. The molecule has 0 amide bonds. The van der Waals surface area contributed by atoms with Gasteiger partial charge in [-0.25, -0.2) is 4.39 Å². The molecular weight excluding hydrogens is 312 g/mol. The third kappa shape index (κ3) is 5.58. The Morgan fingerprint density at radius 1 is 1.09 bits per heavy atom. The third-order valence-corrected chi connectivity index (χ3v) is 2.82. The molecule has 23 heavy (non-hydrogen) atoms. The lowest BCUT2D eigenvalue weighted by molar-refractivity contribution is -0.153. The van der Waals surface area contributed by atoms with Crippen molar-refractivity contribution in [3.8, 4) is 5.75 Å². The van der Waals surface area contributed by atoms with Gasteiger partial charge in [0.2, 0.25) is 0 Å². The molecule has 0 aliphatic carbocycles. The second-order valence-electron chi connectivity index (χ2n) is 4.68. The lowest BCUT2D eigenvalue weighted by atomic mass is 10.1. The first-order valence-electron chi connectivity index (χ1n) is 6.61. The van der Waals surface area contributed by atoms with E-state index in [2.05, 4.69) is 4.74 Å². The second-order valence-corrected chi connectivity index (χ2v) is 4.68. The van der Waals surface area contributed by atoms with E-state index in [4.69, 9.17) is 0 Å². The zero-order valence-corrected chi connectivity index (χ0v) is 11.8. The van der Waals surface area contributed by atoms with E-state index in [1.807, 2.05) is 0 Å². The second kappa shape index (κ2) is 7.09. The lowest BCUT2D eigenvalue weighted by Crippen LogP contribution is -2.19. The van der Waals surface area contributed by atoms with Crippen LogP contribution in [0.4, 0.5) is 17.6 Å². The van der Waals surface area contributed by atoms with Crippen LogP contribution >= 0.6 is 0 Å². The van der Waals surface area contributed by atoms with Crippen molar-refractivity contribution in [2.45, 2.75) is 6.18 Å². The Labute approximate surface area is 130 Å². The van der Waals surface area contributed by atoms with Crippen molar-refractivity contribution in [2.24, 2.45) is 0 Å². The van der Waals surface area contributed by atoms with Crippen LogP contribution < -0.4 is 4.74 Å². The first-order chi connectivity index (χ1) is 10.8. The molecule has 120 valence electrons. The maximum atomic E-state index is 13.0. The molecule has 0 atom stereocenters. The number of hydrogen-bond acceptors (Lipinski definition) is 2. The molecule has 2 rings (SSSR count). The summed E-state index contributed by atoms with van der Waals surface area (Å²) < 4.78 is 53.7. The summed E-state index contributed by atoms with van der Waals surface area (Å²) in [6.45, 7) is -1.36. The van der Waals surface area contributed by atoms with Gasteiger partial charge in [-0.3, -0.25) is 4.79 Å². The summed E-state index contributed by atoms with van der Waals surface area (Å²) in [5.41, 5.74) is 0.820. The van der Waals surface area contributed by atoms with Crippen molar-refractivity contribution < 1.29 is 27.1 Å². The Bertz CT molecular complexity index is 703. The van der Waals surface area contributed by atoms with Gasteiger partial charge in [-0.2, -0.15) is 13.2 Å². The number of alkyl halides is 3. The van der Waals surface area contributed by atoms with Gasteiger partial charge in [0.25, 0.3) is 0 Å². The fourth-order valence-corrected chi connectivity index (χ4v) is 1.75. The minimum atomic E-state index is -4.39. The molecule has 0 aliphatic heterocycles. The molecule has 0 fully saturated rings. The number of carbonyl (C=O) groups is 1. The van der Waals surface area contributed by atoms with Crippen LogP contribution in [0.1, 0.15) is 15.9 Å². The number of ether oxygens (including phenoxy) is 1. The van der Waals surface area contributed by atoms with Gasteiger partial charge in [0.05, 0.1) is 0 Å². The van der Waals surface area contributed by atoms with Gasteiger partial charge in [-0.05, 0) is 35.9 Å². The molecule has 0 spiro atoms. The van der Waals surface area contributed by atoms with Crippen LogP contribution in [0, 0.1) is 5.82 Å². The van der Waals surface area contributed by atoms with Crippen LogP contribution in [0.3, 0.4) is 0 Å². The van der Waals surface area contributed by atoms with Crippen LogP contribution in [0.5, 0.6) is 5.75 Å². The highest BCUT2D eigenvalue weighted by Crippen LogP contribution is 2.19. The third-order valence-electron chi connectivity index (χ3n) is 2.82. The molecule has 0 bridgehead atoms. The summed E-state index contributed by atoms with van der Waals surface area (Å²) in [5.74, 6) is -0.798. The maximum absolute atomic E-state index is 13.0. The highest BCUT2D eigenvalue weighted by atomic mass is 19.4. The van der Waals surface area contributed by atoms with E-state index in [1.54, 1.807) is 0 Å².